The Morgan fingerprint density at radius 3 is 2.00 bits per heavy atom. The molecule has 0 spiro atoms. The molecule has 4 heteroatoms. The van der Waals surface area contributed by atoms with Gasteiger partial charge in [-0.1, -0.05) is 32.9 Å². The molecule has 1 aliphatic rings. The van der Waals surface area contributed by atoms with Gasteiger partial charge in [0.15, 0.2) is 0 Å². The zero-order valence-electron chi connectivity index (χ0n) is 16.6. The molecule has 138 valence electrons. The molecule has 0 aromatic heterocycles. The van der Waals surface area contributed by atoms with Crippen molar-refractivity contribution in [3.05, 3.63) is 34.4 Å². The Bertz CT molecular complexity index is 635. The molecule has 0 bridgehead atoms. The predicted octanol–water partition coefficient (Wildman–Crippen LogP) is 3.22. The monoisotopic (exact) mass is 344 g/mol. The zero-order chi connectivity index (χ0) is 18.8. The minimum Gasteiger partial charge on any atom is -0.341 e. The summed E-state index contributed by atoms with van der Waals surface area (Å²) in [7, 11) is 0. The average molecular weight is 344 g/mol. The van der Waals surface area contributed by atoms with Crippen LogP contribution in [0.25, 0.3) is 0 Å². The molecule has 0 radical (unpaired) electrons. The second-order valence-electron chi connectivity index (χ2n) is 8.26. The first-order valence-corrected chi connectivity index (χ1v) is 9.23. The van der Waals surface area contributed by atoms with Crippen LogP contribution in [-0.4, -0.2) is 47.8 Å². The van der Waals surface area contributed by atoms with Crippen molar-refractivity contribution in [3.8, 4) is 0 Å². The molecule has 2 amide bonds. The highest BCUT2D eigenvalue weighted by Crippen LogP contribution is 2.27. The van der Waals surface area contributed by atoms with Crippen LogP contribution >= 0.6 is 0 Å². The summed E-state index contributed by atoms with van der Waals surface area (Å²) in [5.74, 6) is 0.263. The third kappa shape index (κ3) is 4.83. The Balaban J connectivity index is 2.11. The molecule has 1 aliphatic heterocycles. The van der Waals surface area contributed by atoms with Gasteiger partial charge in [0.2, 0.25) is 11.8 Å². The molecule has 4 nitrogen and oxygen atoms in total. The first-order valence-electron chi connectivity index (χ1n) is 9.23. The predicted molar refractivity (Wildman–Crippen MR) is 102 cm³/mol. The minimum absolute atomic E-state index is 0.0961. The van der Waals surface area contributed by atoms with Crippen LogP contribution in [0.5, 0.6) is 0 Å². The number of carbonyl (C=O) groups is 2. The number of aryl methyl sites for hydroxylation is 2. The van der Waals surface area contributed by atoms with Gasteiger partial charge in [0.25, 0.3) is 0 Å². The molecule has 0 N–H and O–H groups in total. The number of rotatable bonds is 2. The maximum Gasteiger partial charge on any atom is 0.227 e. The normalized spacial score (nSPS) is 15.9. The zero-order valence-corrected chi connectivity index (χ0v) is 16.6. The maximum absolute atomic E-state index is 12.8. The molecular formula is C21H32N2O2. The Morgan fingerprint density at radius 1 is 0.960 bits per heavy atom. The first-order chi connectivity index (χ1) is 11.6. The maximum atomic E-state index is 12.8. The van der Waals surface area contributed by atoms with Gasteiger partial charge in [0.05, 0.1) is 6.42 Å². The van der Waals surface area contributed by atoms with Gasteiger partial charge < -0.3 is 9.80 Å². The smallest absolute Gasteiger partial charge is 0.227 e. The van der Waals surface area contributed by atoms with Crippen molar-refractivity contribution in [3.63, 3.8) is 0 Å². The fourth-order valence-corrected chi connectivity index (χ4v) is 3.45. The summed E-state index contributed by atoms with van der Waals surface area (Å²) in [6, 6.07) is 4.44. The lowest BCUT2D eigenvalue weighted by atomic mass is 9.83. The highest BCUT2D eigenvalue weighted by molar-refractivity contribution is 5.80. The van der Waals surface area contributed by atoms with Crippen molar-refractivity contribution in [1.29, 1.82) is 0 Å². The van der Waals surface area contributed by atoms with Crippen LogP contribution in [0.1, 0.15) is 56.4 Å². The van der Waals surface area contributed by atoms with E-state index in [0.717, 1.165) is 25.1 Å². The summed E-state index contributed by atoms with van der Waals surface area (Å²) >= 11 is 0. The van der Waals surface area contributed by atoms with E-state index in [2.05, 4.69) is 46.8 Å². The van der Waals surface area contributed by atoms with Crippen molar-refractivity contribution in [1.82, 2.24) is 9.80 Å². The van der Waals surface area contributed by atoms with E-state index in [1.54, 1.807) is 6.92 Å². The van der Waals surface area contributed by atoms with Gasteiger partial charge in [-0.3, -0.25) is 9.59 Å². The molecular weight excluding hydrogens is 312 g/mol. The highest BCUT2D eigenvalue weighted by atomic mass is 16.2. The van der Waals surface area contributed by atoms with Crippen LogP contribution in [0.2, 0.25) is 0 Å². The van der Waals surface area contributed by atoms with Crippen LogP contribution in [0, 0.1) is 13.8 Å². The lowest BCUT2D eigenvalue weighted by Gasteiger charge is -2.24. The summed E-state index contributed by atoms with van der Waals surface area (Å²) in [5, 5.41) is 0. The number of benzene rings is 1. The van der Waals surface area contributed by atoms with Crippen molar-refractivity contribution in [2.45, 2.75) is 59.8 Å². The average Bonchev–Trinajstić information content (AvgIpc) is 2.75. The molecule has 1 fully saturated rings. The molecule has 1 aromatic rings. The number of amides is 2. The van der Waals surface area contributed by atoms with Gasteiger partial charge in [-0.25, -0.2) is 0 Å². The second kappa shape index (κ2) is 7.59. The van der Waals surface area contributed by atoms with Crippen LogP contribution < -0.4 is 0 Å². The van der Waals surface area contributed by atoms with E-state index in [9.17, 15) is 9.59 Å². The van der Waals surface area contributed by atoms with Gasteiger partial charge in [0, 0.05) is 33.1 Å². The fourth-order valence-electron chi connectivity index (χ4n) is 3.45. The molecule has 0 saturated carbocycles. The van der Waals surface area contributed by atoms with E-state index in [4.69, 9.17) is 0 Å². The van der Waals surface area contributed by atoms with Crippen molar-refractivity contribution in [2.24, 2.45) is 0 Å². The number of nitrogens with zero attached hydrogens (tertiary/aromatic N) is 2. The topological polar surface area (TPSA) is 40.6 Å². The molecule has 0 unspecified atom stereocenters. The summed E-state index contributed by atoms with van der Waals surface area (Å²) in [6.45, 7) is 15.2. The summed E-state index contributed by atoms with van der Waals surface area (Å²) < 4.78 is 0. The van der Waals surface area contributed by atoms with E-state index in [1.165, 1.54) is 16.7 Å². The van der Waals surface area contributed by atoms with E-state index < -0.39 is 0 Å². The number of hydrogen-bond acceptors (Lipinski definition) is 2. The largest absolute Gasteiger partial charge is 0.341 e. The third-order valence-electron chi connectivity index (χ3n) is 5.18. The van der Waals surface area contributed by atoms with Crippen molar-refractivity contribution < 1.29 is 9.59 Å². The summed E-state index contributed by atoms with van der Waals surface area (Å²) in [5.41, 5.74) is 4.95. The van der Waals surface area contributed by atoms with E-state index in [-0.39, 0.29) is 17.2 Å². The van der Waals surface area contributed by atoms with Crippen LogP contribution in [0.4, 0.5) is 0 Å². The molecule has 25 heavy (non-hydrogen) atoms. The molecule has 1 saturated heterocycles. The van der Waals surface area contributed by atoms with E-state index >= 15 is 0 Å². The lowest BCUT2D eigenvalue weighted by molar-refractivity contribution is -0.132. The van der Waals surface area contributed by atoms with Crippen LogP contribution in [0.3, 0.4) is 0 Å². The minimum atomic E-state index is 0.0961. The highest BCUT2D eigenvalue weighted by Gasteiger charge is 2.22. The number of hydrogen-bond donors (Lipinski definition) is 0. The van der Waals surface area contributed by atoms with Crippen LogP contribution in [-0.2, 0) is 21.4 Å². The van der Waals surface area contributed by atoms with E-state index in [0.29, 0.717) is 19.5 Å². The Kier molecular flexibility index (Phi) is 5.91. The van der Waals surface area contributed by atoms with Crippen molar-refractivity contribution >= 4 is 11.8 Å². The summed E-state index contributed by atoms with van der Waals surface area (Å²) in [6.07, 6.45) is 1.30. The summed E-state index contributed by atoms with van der Waals surface area (Å²) in [4.78, 5) is 28.1. The molecule has 0 aliphatic carbocycles. The lowest BCUT2D eigenvalue weighted by Crippen LogP contribution is -2.37. The third-order valence-corrected chi connectivity index (χ3v) is 5.18. The van der Waals surface area contributed by atoms with Gasteiger partial charge in [-0.15, -0.1) is 0 Å². The Labute approximate surface area is 152 Å². The van der Waals surface area contributed by atoms with Gasteiger partial charge in [0.1, 0.15) is 0 Å². The first kappa shape index (κ1) is 19.5. The van der Waals surface area contributed by atoms with Gasteiger partial charge in [-0.05, 0) is 47.9 Å². The molecule has 1 aromatic carbocycles. The second-order valence-corrected chi connectivity index (χ2v) is 8.26. The standard InChI is InChI=1S/C21H32N2O2/c1-15-12-18(21(4,5)6)13-16(2)19(15)14-20(25)23-9-7-8-22(10-11-23)17(3)24/h12-13H,7-11,14H2,1-6H3. The Morgan fingerprint density at radius 2 is 1.48 bits per heavy atom. The van der Waals surface area contributed by atoms with Crippen LogP contribution in [0.15, 0.2) is 12.1 Å². The fraction of sp³-hybridized carbons (Fsp3) is 0.619. The van der Waals surface area contributed by atoms with E-state index in [1.807, 2.05) is 9.80 Å². The van der Waals surface area contributed by atoms with Crippen molar-refractivity contribution in [2.75, 3.05) is 26.2 Å². The van der Waals surface area contributed by atoms with Gasteiger partial charge in [-0.2, -0.15) is 0 Å². The Hall–Kier alpha value is -1.84. The molecule has 0 atom stereocenters. The van der Waals surface area contributed by atoms with Gasteiger partial charge >= 0.3 is 0 Å². The SMILES string of the molecule is CC(=O)N1CCCN(C(=O)Cc2c(C)cc(C(C)(C)C)cc2C)CC1. The quantitative estimate of drug-likeness (QED) is 0.826. The molecule has 1 heterocycles. The molecule has 2 rings (SSSR count). The number of carbonyl (C=O) groups excluding carboxylic acids is 2.